The van der Waals surface area contributed by atoms with Gasteiger partial charge < -0.3 is 9.84 Å². The van der Waals surface area contributed by atoms with Crippen molar-refractivity contribution in [3.05, 3.63) is 65.4 Å². The molecule has 3 N–H and O–H groups in total. The van der Waals surface area contributed by atoms with Gasteiger partial charge in [0.1, 0.15) is 11.3 Å². The largest absolute Gasteiger partial charge is 0.570 e. The normalized spacial score (nSPS) is 14.0. The van der Waals surface area contributed by atoms with Crippen molar-refractivity contribution in [2.24, 2.45) is 0 Å². The Hall–Kier alpha value is -3.42. The number of aromatic nitrogens is 4. The number of imidazole rings is 1. The molecule has 0 spiro atoms. The van der Waals surface area contributed by atoms with Crippen LogP contribution in [0.1, 0.15) is 40.9 Å². The molecular weight excluding hydrogens is 542 g/mol. The van der Waals surface area contributed by atoms with E-state index in [0.29, 0.717) is 29.5 Å². The molecule has 0 unspecified atom stereocenters. The number of hydrogen-bond donors (Lipinski definition) is 3. The van der Waals surface area contributed by atoms with Crippen molar-refractivity contribution in [2.45, 2.75) is 45.4 Å². The maximum atomic E-state index is 13.6. The van der Waals surface area contributed by atoms with E-state index < -0.39 is 32.3 Å². The number of halogens is 3. The highest BCUT2D eigenvalue weighted by Gasteiger charge is 2.61. The number of nitrogens with zero attached hydrogens (tertiary/aromatic N) is 4. The van der Waals surface area contributed by atoms with E-state index >= 15 is 0 Å². The van der Waals surface area contributed by atoms with Gasteiger partial charge in [0.2, 0.25) is 17.3 Å². The van der Waals surface area contributed by atoms with Crippen molar-refractivity contribution in [3.63, 3.8) is 0 Å². The van der Waals surface area contributed by atoms with Crippen LogP contribution in [0.3, 0.4) is 0 Å². The summed E-state index contributed by atoms with van der Waals surface area (Å²) in [6.45, 7) is 4.39. The second-order valence-electron chi connectivity index (χ2n) is 9.06. The molecule has 3 aromatic heterocycles. The molecule has 15 heteroatoms. The van der Waals surface area contributed by atoms with Gasteiger partial charge in [0.15, 0.2) is 0 Å². The van der Waals surface area contributed by atoms with Crippen molar-refractivity contribution in [3.8, 4) is 11.4 Å². The second kappa shape index (κ2) is 10.6. The average molecular weight is 568 g/mol. The number of carbonyl (C=O) groups is 1. The molecule has 4 aromatic rings. The van der Waals surface area contributed by atoms with Crippen LogP contribution >= 0.6 is 8.17 Å². The number of rotatable bonds is 9. The highest BCUT2D eigenvalue weighted by Crippen LogP contribution is 2.58. The van der Waals surface area contributed by atoms with Crippen molar-refractivity contribution in [1.29, 1.82) is 0 Å². The minimum atomic E-state index is -4.95. The third-order valence-electron chi connectivity index (χ3n) is 6.09. The average Bonchev–Trinajstić information content (AvgIpc) is 3.50. The van der Waals surface area contributed by atoms with Crippen molar-refractivity contribution in [1.82, 2.24) is 19.5 Å². The zero-order valence-corrected chi connectivity index (χ0v) is 22.2. The van der Waals surface area contributed by atoms with Gasteiger partial charge >= 0.3 is 14.3 Å². The van der Waals surface area contributed by atoms with Crippen LogP contribution in [0.4, 0.5) is 18.9 Å². The Bertz CT molecular complexity index is 1510. The van der Waals surface area contributed by atoms with Crippen LogP contribution in [0.5, 0.6) is 0 Å². The summed E-state index contributed by atoms with van der Waals surface area (Å²) in [6.07, 6.45) is -2.85. The van der Waals surface area contributed by atoms with Crippen LogP contribution < -0.4 is 5.32 Å². The summed E-state index contributed by atoms with van der Waals surface area (Å²) >= 11 is 0. The lowest BCUT2D eigenvalue weighted by Gasteiger charge is -2.29. The smallest absolute Gasteiger partial charge is 0.339 e. The second-order valence-corrected chi connectivity index (χ2v) is 10.6. The van der Waals surface area contributed by atoms with E-state index in [4.69, 9.17) is 4.52 Å². The lowest BCUT2D eigenvalue weighted by atomic mass is 10.00. The molecule has 1 aromatic carbocycles. The quantitative estimate of drug-likeness (QED) is 0.242. The van der Waals surface area contributed by atoms with Crippen LogP contribution in [-0.2, 0) is 15.5 Å². The highest BCUT2D eigenvalue weighted by molar-refractivity contribution is 7.54. The number of carbonyl (C=O) groups excluding carboxylic acids is 1. The molecule has 0 aliphatic carbocycles. The standard InChI is InChI=1S/C24H25F3N5O6P/c1-14-8-10-32-18(13-28-19(32)11-14)22(33)29-17-12-16(6-5-15(17)2)21-30-20(37-31-21)7-9-23(3,24(25,26)27)38-39(34,35)36-4/h5-6,8,10-13,34-35H,7,9H2,1-4H3/p+1/t23-/m1/s1. The number of alkyl halides is 3. The summed E-state index contributed by atoms with van der Waals surface area (Å²) < 4.78 is 56.5. The van der Waals surface area contributed by atoms with Crippen LogP contribution in [0.25, 0.3) is 17.0 Å². The van der Waals surface area contributed by atoms with Gasteiger partial charge in [-0.3, -0.25) is 9.20 Å². The number of fused-ring (bicyclic) bond motifs is 1. The summed E-state index contributed by atoms with van der Waals surface area (Å²) in [5.41, 5.74) is 0.676. The molecule has 11 nitrogen and oxygen atoms in total. The summed E-state index contributed by atoms with van der Waals surface area (Å²) in [4.78, 5) is 40.5. The zero-order chi connectivity index (χ0) is 28.6. The van der Waals surface area contributed by atoms with E-state index in [1.54, 1.807) is 35.7 Å². The third-order valence-corrected chi connectivity index (χ3v) is 7.20. The molecule has 0 fully saturated rings. The number of nitrogens with one attached hydrogen (secondary N) is 1. The monoisotopic (exact) mass is 568 g/mol. The summed E-state index contributed by atoms with van der Waals surface area (Å²) in [5.74, 6) is -0.438. The molecule has 0 saturated heterocycles. The minimum absolute atomic E-state index is 0.0865. The van der Waals surface area contributed by atoms with Gasteiger partial charge in [-0.1, -0.05) is 17.3 Å². The van der Waals surface area contributed by atoms with Crippen LogP contribution in [-0.4, -0.2) is 54.1 Å². The van der Waals surface area contributed by atoms with E-state index in [9.17, 15) is 27.8 Å². The van der Waals surface area contributed by atoms with Crippen LogP contribution in [0, 0.1) is 13.8 Å². The fourth-order valence-electron chi connectivity index (χ4n) is 3.69. The van der Waals surface area contributed by atoms with Crippen molar-refractivity contribution in [2.75, 3.05) is 12.4 Å². The number of aryl methyl sites for hydroxylation is 3. The molecule has 1 atom stereocenters. The molecule has 0 aliphatic rings. The Balaban J connectivity index is 1.51. The Morgan fingerprint density at radius 2 is 1.95 bits per heavy atom. The lowest BCUT2D eigenvalue weighted by molar-refractivity contribution is -0.251. The first-order valence-electron chi connectivity index (χ1n) is 11.6. The number of benzene rings is 1. The predicted molar refractivity (Wildman–Crippen MR) is 135 cm³/mol. The molecule has 3 heterocycles. The van der Waals surface area contributed by atoms with Crippen LogP contribution in [0.15, 0.2) is 47.2 Å². The van der Waals surface area contributed by atoms with Gasteiger partial charge in [-0.25, -0.2) is 4.98 Å². The summed E-state index contributed by atoms with van der Waals surface area (Å²) in [7, 11) is -3.86. The van der Waals surface area contributed by atoms with Gasteiger partial charge in [-0.2, -0.15) is 32.5 Å². The van der Waals surface area contributed by atoms with E-state index in [1.807, 2.05) is 19.1 Å². The summed E-state index contributed by atoms with van der Waals surface area (Å²) in [5, 5.41) is 6.68. The molecule has 1 amide bonds. The molecule has 0 radical (unpaired) electrons. The zero-order valence-electron chi connectivity index (χ0n) is 21.4. The Morgan fingerprint density at radius 1 is 1.21 bits per heavy atom. The number of amides is 1. The molecule has 4 rings (SSSR count). The SMILES string of the molecule is CO[P+](O)(O)O[C@](C)(CCc1nc(-c2ccc(C)c(NC(=O)c3cnc4cc(C)ccn34)c2)no1)C(F)(F)F. The van der Waals surface area contributed by atoms with Crippen molar-refractivity contribution < 1.29 is 41.3 Å². The minimum Gasteiger partial charge on any atom is -0.339 e. The van der Waals surface area contributed by atoms with Crippen molar-refractivity contribution >= 4 is 25.4 Å². The molecule has 0 aliphatic heterocycles. The third kappa shape index (κ3) is 6.26. The number of pyridine rings is 1. The van der Waals surface area contributed by atoms with Gasteiger partial charge in [0.05, 0.1) is 13.3 Å². The molecule has 39 heavy (non-hydrogen) atoms. The highest BCUT2D eigenvalue weighted by atomic mass is 31.2. The predicted octanol–water partition coefficient (Wildman–Crippen LogP) is 4.83. The van der Waals surface area contributed by atoms with Gasteiger partial charge in [0.25, 0.3) is 5.91 Å². The Kier molecular flexibility index (Phi) is 7.79. The van der Waals surface area contributed by atoms with E-state index in [2.05, 4.69) is 29.5 Å². The van der Waals surface area contributed by atoms with Gasteiger partial charge in [0, 0.05) is 23.9 Å². The summed E-state index contributed by atoms with van der Waals surface area (Å²) in [6, 6.07) is 8.73. The Morgan fingerprint density at radius 3 is 2.64 bits per heavy atom. The van der Waals surface area contributed by atoms with Gasteiger partial charge in [-0.15, -0.1) is 4.52 Å². The van der Waals surface area contributed by atoms with E-state index in [-0.39, 0.29) is 18.1 Å². The van der Waals surface area contributed by atoms with Crippen LogP contribution in [0.2, 0.25) is 0 Å². The molecular formula is C24H26F3N5O6P+. The molecule has 0 saturated carbocycles. The first-order chi connectivity index (χ1) is 18.2. The van der Waals surface area contributed by atoms with E-state index in [0.717, 1.165) is 18.2 Å². The fourth-order valence-corrected chi connectivity index (χ4v) is 4.48. The lowest BCUT2D eigenvalue weighted by Crippen LogP contribution is -2.45. The topological polar surface area (TPSA) is 144 Å². The maximum absolute atomic E-state index is 13.6. The first kappa shape index (κ1) is 28.6. The molecule has 0 bridgehead atoms. The first-order valence-corrected chi connectivity index (χ1v) is 13.1. The fraction of sp³-hybridized carbons (Fsp3) is 0.333. The number of anilines is 1. The van der Waals surface area contributed by atoms with E-state index in [1.165, 1.54) is 6.20 Å². The number of hydrogen-bond acceptors (Lipinski definition) is 9. The molecule has 208 valence electrons. The van der Waals surface area contributed by atoms with Gasteiger partial charge in [-0.05, 0) is 56.5 Å². The maximum Gasteiger partial charge on any atom is 0.570 e. The Labute approximate surface area is 221 Å².